The summed E-state index contributed by atoms with van der Waals surface area (Å²) >= 11 is 3.12. The molecule has 0 radical (unpaired) electrons. The van der Waals surface area contributed by atoms with Gasteiger partial charge < -0.3 is 10.4 Å². The quantitative estimate of drug-likeness (QED) is 0.446. The summed E-state index contributed by atoms with van der Waals surface area (Å²) in [5.41, 5.74) is 0.273. The first-order chi connectivity index (χ1) is 5.25. The fourth-order valence-electron chi connectivity index (χ4n) is 0.655. The predicted molar refractivity (Wildman–Crippen MR) is 41.6 cm³/mol. The summed E-state index contributed by atoms with van der Waals surface area (Å²) in [5.74, 6) is 0. The van der Waals surface area contributed by atoms with Crippen LogP contribution < -0.4 is 0 Å². The minimum Gasteiger partial charge on any atom is -0.592 e. The molecule has 0 aliphatic rings. The van der Waals surface area contributed by atoms with E-state index in [9.17, 15) is 5.21 Å². The number of hydrogen-bond acceptors (Lipinski definition) is 2. The van der Waals surface area contributed by atoms with E-state index in [0.717, 1.165) is 0 Å². The van der Waals surface area contributed by atoms with Gasteiger partial charge in [-0.05, 0) is 26.9 Å². The average molecular weight is 217 g/mol. The van der Waals surface area contributed by atoms with Crippen LogP contribution in [0.1, 0.15) is 0 Å². The third kappa shape index (κ3) is 1.68. The van der Waals surface area contributed by atoms with Gasteiger partial charge in [0.1, 0.15) is 0 Å². The third-order valence-corrected chi connectivity index (χ3v) is 1.81. The molecule has 1 N–H and O–H groups in total. The summed E-state index contributed by atoms with van der Waals surface area (Å²) in [6, 6.07) is 6.66. The van der Waals surface area contributed by atoms with Crippen LogP contribution in [-0.2, 0) is 0 Å². The van der Waals surface area contributed by atoms with Gasteiger partial charge >= 0.3 is 0 Å². The first-order valence-electron chi connectivity index (χ1n) is 2.82. The largest absolute Gasteiger partial charge is 0.592 e. The van der Waals surface area contributed by atoms with Gasteiger partial charge in [0.05, 0.1) is 4.47 Å². The highest BCUT2D eigenvalue weighted by Gasteiger charge is 2.06. The first kappa shape index (κ1) is 8.00. The zero-order valence-corrected chi connectivity index (χ0v) is 7.02. The summed E-state index contributed by atoms with van der Waals surface area (Å²) in [6.07, 6.45) is 0. The molecule has 1 rings (SSSR count). The summed E-state index contributed by atoms with van der Waals surface area (Å²) in [4.78, 5) is 0.129. The lowest BCUT2D eigenvalue weighted by molar-refractivity contribution is -0.474. The minimum absolute atomic E-state index is 0.129. The van der Waals surface area contributed by atoms with Gasteiger partial charge in [-0.3, -0.25) is 0 Å². The van der Waals surface area contributed by atoms with Gasteiger partial charge in [0.15, 0.2) is 0 Å². The third-order valence-electron chi connectivity index (χ3n) is 1.14. The van der Waals surface area contributed by atoms with Crippen LogP contribution in [0.2, 0.25) is 0 Å². The van der Waals surface area contributed by atoms with E-state index in [1.165, 1.54) is 6.07 Å². The molecule has 0 bridgehead atoms. The Balaban J connectivity index is 3.14. The maximum Gasteiger partial charge on any atom is 0.262 e. The topological polar surface area (TPSA) is 58.7 Å². The van der Waals surface area contributed by atoms with Crippen molar-refractivity contribution in [2.75, 3.05) is 0 Å². The normalized spacial score (nSPS) is 11.5. The lowest BCUT2D eigenvalue weighted by atomic mass is 10.3. The second-order valence-electron chi connectivity index (χ2n) is 1.81. The Bertz CT molecular complexity index is 288. The van der Waals surface area contributed by atoms with E-state index in [1.807, 2.05) is 0 Å². The number of rotatable bonds is 1. The van der Waals surface area contributed by atoms with Gasteiger partial charge in [-0.2, -0.15) is 0 Å². The van der Waals surface area contributed by atoms with E-state index in [2.05, 4.69) is 21.2 Å². The molecule has 0 amide bonds. The van der Waals surface area contributed by atoms with Crippen molar-refractivity contribution in [1.29, 1.82) is 0 Å². The first-order valence-corrected chi connectivity index (χ1v) is 3.62. The standard InChI is InChI=1S/C6H5BrN2O2/c7-5-3-1-2-4-6(5)9(11)8-10/h1-4,10H/b9-8-. The maximum atomic E-state index is 10.7. The van der Waals surface area contributed by atoms with Gasteiger partial charge in [0.2, 0.25) is 5.28 Å². The van der Waals surface area contributed by atoms with Crippen molar-refractivity contribution < 1.29 is 10.1 Å². The number of halogens is 1. The molecule has 58 valence electrons. The second-order valence-corrected chi connectivity index (χ2v) is 2.67. The van der Waals surface area contributed by atoms with Crippen molar-refractivity contribution in [2.45, 2.75) is 0 Å². The van der Waals surface area contributed by atoms with Crippen LogP contribution in [0.3, 0.4) is 0 Å². The van der Waals surface area contributed by atoms with Crippen LogP contribution in [0, 0.1) is 5.21 Å². The molecule has 11 heavy (non-hydrogen) atoms. The SMILES string of the molecule is [O-]/[N+](=N\O)c1ccccc1Br. The van der Waals surface area contributed by atoms with Gasteiger partial charge in [0.25, 0.3) is 5.69 Å². The van der Waals surface area contributed by atoms with Crippen LogP contribution >= 0.6 is 15.9 Å². The van der Waals surface area contributed by atoms with Crippen molar-refractivity contribution >= 4 is 21.6 Å². The lowest BCUT2D eigenvalue weighted by Gasteiger charge is -1.97. The lowest BCUT2D eigenvalue weighted by Crippen LogP contribution is -1.90. The van der Waals surface area contributed by atoms with Crippen LogP contribution in [-0.4, -0.2) is 10.1 Å². The number of nitrogens with zero attached hydrogens (tertiary/aromatic N) is 2. The van der Waals surface area contributed by atoms with Gasteiger partial charge in [-0.15, -0.1) is 0 Å². The number of benzene rings is 1. The van der Waals surface area contributed by atoms with E-state index in [4.69, 9.17) is 5.21 Å². The van der Waals surface area contributed by atoms with E-state index in [1.54, 1.807) is 18.2 Å². The highest BCUT2D eigenvalue weighted by Crippen LogP contribution is 2.23. The fraction of sp³-hybridized carbons (Fsp3) is 0. The molecular formula is C6H5BrN2O2. The van der Waals surface area contributed by atoms with Gasteiger partial charge in [-0.25, -0.2) is 0 Å². The van der Waals surface area contributed by atoms with E-state index in [0.29, 0.717) is 4.47 Å². The van der Waals surface area contributed by atoms with Crippen molar-refractivity contribution in [3.63, 3.8) is 0 Å². The Morgan fingerprint density at radius 3 is 2.64 bits per heavy atom. The van der Waals surface area contributed by atoms with Crippen LogP contribution in [0.4, 0.5) is 5.69 Å². The zero-order valence-electron chi connectivity index (χ0n) is 5.44. The molecule has 0 heterocycles. The molecule has 0 aliphatic heterocycles. The van der Waals surface area contributed by atoms with Crippen LogP contribution in [0.25, 0.3) is 0 Å². The molecular weight excluding hydrogens is 212 g/mol. The summed E-state index contributed by atoms with van der Waals surface area (Å²) in [7, 11) is 0. The summed E-state index contributed by atoms with van der Waals surface area (Å²) in [5, 5.41) is 21.3. The van der Waals surface area contributed by atoms with E-state index >= 15 is 0 Å². The molecule has 0 unspecified atom stereocenters. The fourth-order valence-corrected chi connectivity index (χ4v) is 1.09. The van der Waals surface area contributed by atoms with Gasteiger partial charge in [0, 0.05) is 6.07 Å². The Labute approximate surface area is 71.5 Å². The molecule has 0 spiro atoms. The van der Waals surface area contributed by atoms with Crippen molar-refractivity contribution in [2.24, 2.45) is 5.28 Å². The summed E-state index contributed by atoms with van der Waals surface area (Å²) < 4.78 is 0.591. The van der Waals surface area contributed by atoms with Crippen molar-refractivity contribution in [3.05, 3.63) is 33.9 Å². The maximum absolute atomic E-state index is 10.7. The number of hydrogen-bond donors (Lipinski definition) is 1. The van der Waals surface area contributed by atoms with Crippen LogP contribution in [0.15, 0.2) is 34.0 Å². The average Bonchev–Trinajstić information content (AvgIpc) is 2.04. The molecule has 0 aliphatic carbocycles. The molecule has 4 nitrogen and oxygen atoms in total. The Morgan fingerprint density at radius 2 is 2.09 bits per heavy atom. The van der Waals surface area contributed by atoms with E-state index < -0.39 is 0 Å². The molecule has 1 aromatic rings. The predicted octanol–water partition coefficient (Wildman–Crippen LogP) is 2.43. The molecule has 0 fully saturated rings. The highest BCUT2D eigenvalue weighted by atomic mass is 79.9. The highest BCUT2D eigenvalue weighted by molar-refractivity contribution is 9.10. The monoisotopic (exact) mass is 216 g/mol. The Hall–Kier alpha value is -1.10. The minimum atomic E-state index is 0.129. The Kier molecular flexibility index (Phi) is 2.43. The number of para-hydroxylation sites is 1. The zero-order chi connectivity index (χ0) is 8.27. The Morgan fingerprint density at radius 1 is 1.45 bits per heavy atom. The molecule has 1 aromatic carbocycles. The molecule has 0 saturated carbocycles. The second kappa shape index (κ2) is 3.34. The van der Waals surface area contributed by atoms with E-state index in [-0.39, 0.29) is 10.5 Å². The van der Waals surface area contributed by atoms with Crippen LogP contribution in [0.5, 0.6) is 0 Å². The smallest absolute Gasteiger partial charge is 0.262 e. The molecule has 5 heteroatoms. The van der Waals surface area contributed by atoms with Crippen molar-refractivity contribution in [3.8, 4) is 0 Å². The van der Waals surface area contributed by atoms with Crippen molar-refractivity contribution in [1.82, 2.24) is 0 Å². The molecule has 0 atom stereocenters. The van der Waals surface area contributed by atoms with Gasteiger partial charge in [-0.1, -0.05) is 12.1 Å². The molecule has 0 aromatic heterocycles. The molecule has 0 saturated heterocycles. The summed E-state index contributed by atoms with van der Waals surface area (Å²) in [6.45, 7) is 0.